The third kappa shape index (κ3) is 3.53. The van der Waals surface area contributed by atoms with Gasteiger partial charge in [0.15, 0.2) is 0 Å². The molecule has 19 heavy (non-hydrogen) atoms. The number of nitrogens with two attached hydrogens (primary N) is 1. The molecule has 1 fully saturated rings. The van der Waals surface area contributed by atoms with Gasteiger partial charge >= 0.3 is 0 Å². The Labute approximate surface area is 114 Å². The van der Waals surface area contributed by atoms with E-state index < -0.39 is 0 Å². The van der Waals surface area contributed by atoms with Crippen molar-refractivity contribution in [3.05, 3.63) is 24.3 Å². The van der Waals surface area contributed by atoms with Crippen LogP contribution in [0.4, 0.5) is 11.4 Å². The van der Waals surface area contributed by atoms with Gasteiger partial charge in [-0.05, 0) is 42.5 Å². The SMILES string of the molecule is CN(C)c1ccc(NCC2(CC(N)=NO)CC2)cc1. The van der Waals surface area contributed by atoms with Gasteiger partial charge in [-0.1, -0.05) is 5.16 Å². The van der Waals surface area contributed by atoms with E-state index in [1.807, 2.05) is 14.1 Å². The minimum atomic E-state index is 0.177. The van der Waals surface area contributed by atoms with Crippen LogP contribution in [0.2, 0.25) is 0 Å². The zero-order valence-corrected chi connectivity index (χ0v) is 11.6. The molecule has 0 spiro atoms. The van der Waals surface area contributed by atoms with Gasteiger partial charge in [0.05, 0.1) is 0 Å². The summed E-state index contributed by atoms with van der Waals surface area (Å²) in [6.45, 7) is 0.866. The largest absolute Gasteiger partial charge is 0.409 e. The molecule has 0 bridgehead atoms. The Kier molecular flexibility index (Phi) is 3.83. The number of rotatable bonds is 6. The highest BCUT2D eigenvalue weighted by Gasteiger charge is 2.43. The summed E-state index contributed by atoms with van der Waals surface area (Å²) in [6, 6.07) is 8.33. The molecule has 0 saturated heterocycles. The van der Waals surface area contributed by atoms with E-state index in [4.69, 9.17) is 10.9 Å². The Morgan fingerprint density at radius 3 is 2.47 bits per heavy atom. The van der Waals surface area contributed by atoms with Crippen molar-refractivity contribution in [3.8, 4) is 0 Å². The average Bonchev–Trinajstić information content (AvgIpc) is 3.17. The number of nitrogens with one attached hydrogen (secondary N) is 1. The summed E-state index contributed by atoms with van der Waals surface area (Å²) in [4.78, 5) is 2.07. The summed E-state index contributed by atoms with van der Waals surface area (Å²) in [7, 11) is 4.05. The van der Waals surface area contributed by atoms with E-state index in [-0.39, 0.29) is 5.41 Å². The van der Waals surface area contributed by atoms with Crippen molar-refractivity contribution < 1.29 is 5.21 Å². The van der Waals surface area contributed by atoms with Crippen LogP contribution in [0, 0.1) is 5.41 Å². The van der Waals surface area contributed by atoms with Crippen LogP contribution in [-0.2, 0) is 0 Å². The van der Waals surface area contributed by atoms with Crippen molar-refractivity contribution in [3.63, 3.8) is 0 Å². The van der Waals surface area contributed by atoms with Crippen LogP contribution >= 0.6 is 0 Å². The highest BCUT2D eigenvalue weighted by atomic mass is 16.4. The van der Waals surface area contributed by atoms with Crippen LogP contribution in [0.3, 0.4) is 0 Å². The second kappa shape index (κ2) is 5.38. The van der Waals surface area contributed by atoms with Crippen molar-refractivity contribution >= 4 is 17.2 Å². The summed E-state index contributed by atoms with van der Waals surface area (Å²) in [5.41, 5.74) is 8.06. The number of oxime groups is 1. The third-order valence-corrected chi connectivity index (χ3v) is 3.69. The maximum atomic E-state index is 8.63. The first-order chi connectivity index (χ1) is 9.04. The molecule has 104 valence electrons. The number of nitrogens with zero attached hydrogens (tertiary/aromatic N) is 2. The summed E-state index contributed by atoms with van der Waals surface area (Å²) < 4.78 is 0. The van der Waals surface area contributed by atoms with Gasteiger partial charge in [-0.3, -0.25) is 0 Å². The minimum Gasteiger partial charge on any atom is -0.409 e. The van der Waals surface area contributed by atoms with E-state index in [1.165, 1.54) is 5.69 Å². The highest BCUT2D eigenvalue weighted by Crippen LogP contribution is 2.48. The average molecular weight is 262 g/mol. The predicted molar refractivity (Wildman–Crippen MR) is 79.0 cm³/mol. The molecule has 1 aliphatic rings. The van der Waals surface area contributed by atoms with Gasteiger partial charge in [-0.2, -0.15) is 0 Å². The van der Waals surface area contributed by atoms with Crippen LogP contribution in [-0.4, -0.2) is 31.7 Å². The molecule has 0 aliphatic heterocycles. The highest BCUT2D eigenvalue weighted by molar-refractivity contribution is 5.80. The van der Waals surface area contributed by atoms with E-state index in [1.54, 1.807) is 0 Å². The Morgan fingerprint density at radius 1 is 1.37 bits per heavy atom. The standard InChI is InChI=1S/C14H22N4O/c1-18(2)12-5-3-11(4-6-12)16-10-14(7-8-14)9-13(15)17-19/h3-6,16,19H,7-10H2,1-2H3,(H2,15,17). The summed E-state index contributed by atoms with van der Waals surface area (Å²) in [6.07, 6.45) is 2.92. The zero-order chi connectivity index (χ0) is 13.9. The Morgan fingerprint density at radius 2 is 2.00 bits per heavy atom. The lowest BCUT2D eigenvalue weighted by atomic mass is 10.0. The topological polar surface area (TPSA) is 73.9 Å². The predicted octanol–water partition coefficient (Wildman–Crippen LogP) is 2.08. The van der Waals surface area contributed by atoms with Crippen molar-refractivity contribution in [1.82, 2.24) is 0 Å². The number of hydrogen-bond acceptors (Lipinski definition) is 4. The van der Waals surface area contributed by atoms with Gasteiger partial charge in [0.2, 0.25) is 0 Å². The van der Waals surface area contributed by atoms with Crippen molar-refractivity contribution in [1.29, 1.82) is 0 Å². The fourth-order valence-electron chi connectivity index (χ4n) is 2.18. The first kappa shape index (κ1) is 13.5. The molecule has 0 heterocycles. The van der Waals surface area contributed by atoms with Crippen molar-refractivity contribution in [2.75, 3.05) is 30.9 Å². The van der Waals surface area contributed by atoms with Gasteiger partial charge in [0.1, 0.15) is 5.84 Å². The lowest BCUT2D eigenvalue weighted by molar-refractivity contribution is 0.315. The molecule has 0 aromatic heterocycles. The first-order valence-corrected chi connectivity index (χ1v) is 6.52. The number of amidine groups is 1. The quantitative estimate of drug-likeness (QED) is 0.317. The van der Waals surface area contributed by atoms with E-state index in [2.05, 4.69) is 39.6 Å². The van der Waals surface area contributed by atoms with Gasteiger partial charge in [-0.25, -0.2) is 0 Å². The molecule has 1 aliphatic carbocycles. The smallest absolute Gasteiger partial charge is 0.139 e. The molecule has 5 heteroatoms. The second-order valence-corrected chi connectivity index (χ2v) is 5.56. The van der Waals surface area contributed by atoms with E-state index >= 15 is 0 Å². The van der Waals surface area contributed by atoms with Gasteiger partial charge in [0, 0.05) is 38.4 Å². The zero-order valence-electron chi connectivity index (χ0n) is 11.6. The molecule has 0 amide bonds. The van der Waals surface area contributed by atoms with Crippen LogP contribution < -0.4 is 16.0 Å². The normalized spacial score (nSPS) is 17.1. The van der Waals surface area contributed by atoms with Crippen LogP contribution in [0.25, 0.3) is 0 Å². The number of hydrogen-bond donors (Lipinski definition) is 3. The maximum absolute atomic E-state index is 8.63. The second-order valence-electron chi connectivity index (χ2n) is 5.56. The van der Waals surface area contributed by atoms with Crippen LogP contribution in [0.5, 0.6) is 0 Å². The van der Waals surface area contributed by atoms with E-state index in [9.17, 15) is 0 Å². The van der Waals surface area contributed by atoms with Crippen molar-refractivity contribution in [2.45, 2.75) is 19.3 Å². The molecule has 1 aromatic carbocycles. The molecule has 4 N–H and O–H groups in total. The molecule has 0 radical (unpaired) electrons. The Bertz CT molecular complexity index is 449. The van der Waals surface area contributed by atoms with E-state index in [0.717, 1.165) is 25.1 Å². The van der Waals surface area contributed by atoms with Gasteiger partial charge in [0.25, 0.3) is 0 Å². The molecule has 0 atom stereocenters. The molecule has 5 nitrogen and oxygen atoms in total. The molecular weight excluding hydrogens is 240 g/mol. The first-order valence-electron chi connectivity index (χ1n) is 6.52. The monoisotopic (exact) mass is 262 g/mol. The molecule has 2 rings (SSSR count). The lowest BCUT2D eigenvalue weighted by Crippen LogP contribution is -2.23. The minimum absolute atomic E-state index is 0.177. The maximum Gasteiger partial charge on any atom is 0.139 e. The fraction of sp³-hybridized carbons (Fsp3) is 0.500. The fourth-order valence-corrected chi connectivity index (χ4v) is 2.18. The van der Waals surface area contributed by atoms with Gasteiger partial charge in [-0.15, -0.1) is 0 Å². The lowest BCUT2D eigenvalue weighted by Gasteiger charge is -2.17. The summed E-state index contributed by atoms with van der Waals surface area (Å²) >= 11 is 0. The van der Waals surface area contributed by atoms with Crippen molar-refractivity contribution in [2.24, 2.45) is 16.3 Å². The number of anilines is 2. The Balaban J connectivity index is 1.88. The Hall–Kier alpha value is -1.91. The molecule has 0 unspecified atom stereocenters. The van der Waals surface area contributed by atoms with Gasteiger partial charge < -0.3 is 21.2 Å². The molecule has 1 saturated carbocycles. The van der Waals surface area contributed by atoms with Crippen LogP contribution in [0.1, 0.15) is 19.3 Å². The summed E-state index contributed by atoms with van der Waals surface area (Å²) in [5.74, 6) is 0.322. The third-order valence-electron chi connectivity index (χ3n) is 3.69. The molecule has 1 aromatic rings. The summed E-state index contributed by atoms with van der Waals surface area (Å²) in [5, 5.41) is 15.1. The number of benzene rings is 1. The van der Waals surface area contributed by atoms with Crippen LogP contribution in [0.15, 0.2) is 29.4 Å². The van der Waals surface area contributed by atoms with E-state index in [0.29, 0.717) is 12.3 Å². The molecular formula is C14H22N4O.